The molecule has 4 heteroatoms. The highest BCUT2D eigenvalue weighted by molar-refractivity contribution is 9.10. The van der Waals surface area contributed by atoms with Gasteiger partial charge in [0.1, 0.15) is 17.3 Å². The van der Waals surface area contributed by atoms with Crippen molar-refractivity contribution in [3.05, 3.63) is 28.2 Å². The highest BCUT2D eigenvalue weighted by Gasteiger charge is 2.60. The van der Waals surface area contributed by atoms with E-state index in [0.29, 0.717) is 24.7 Å². The molecule has 3 nitrogen and oxygen atoms in total. The number of hydrogen-bond acceptors (Lipinski definition) is 3. The van der Waals surface area contributed by atoms with Gasteiger partial charge in [0.2, 0.25) is 0 Å². The van der Waals surface area contributed by atoms with Gasteiger partial charge in [-0.3, -0.25) is 4.79 Å². The van der Waals surface area contributed by atoms with Crippen LogP contribution >= 0.6 is 15.9 Å². The highest BCUT2D eigenvalue weighted by Crippen LogP contribution is 2.51. The van der Waals surface area contributed by atoms with Crippen LogP contribution in [0.25, 0.3) is 0 Å². The molecule has 1 aromatic rings. The number of ether oxygens (including phenoxy) is 2. The first-order chi connectivity index (χ1) is 8.71. The van der Waals surface area contributed by atoms with Crippen LogP contribution in [0, 0.1) is 11.3 Å². The van der Waals surface area contributed by atoms with E-state index in [1.807, 2.05) is 18.2 Å². The smallest absolute Gasteiger partial charge is 0.181 e. The van der Waals surface area contributed by atoms with Crippen LogP contribution in [0.2, 0.25) is 0 Å². The molecular formula is C14H13BrO3. The molecule has 1 aliphatic carbocycles. The maximum Gasteiger partial charge on any atom is 0.181 e. The van der Waals surface area contributed by atoms with Crippen LogP contribution < -0.4 is 4.74 Å². The van der Waals surface area contributed by atoms with Gasteiger partial charge >= 0.3 is 0 Å². The van der Waals surface area contributed by atoms with Crippen LogP contribution in [0.1, 0.15) is 23.2 Å². The fourth-order valence-electron chi connectivity index (χ4n) is 2.99. The summed E-state index contributed by atoms with van der Waals surface area (Å²) in [6.45, 7) is 1.03. The van der Waals surface area contributed by atoms with Crippen molar-refractivity contribution in [1.29, 1.82) is 0 Å². The lowest BCUT2D eigenvalue weighted by molar-refractivity contribution is -0.145. The quantitative estimate of drug-likeness (QED) is 0.800. The molecule has 0 bridgehead atoms. The molecule has 4 rings (SSSR count). The van der Waals surface area contributed by atoms with Gasteiger partial charge in [-0.1, -0.05) is 15.9 Å². The van der Waals surface area contributed by atoms with Crippen molar-refractivity contribution >= 4 is 21.7 Å². The summed E-state index contributed by atoms with van der Waals surface area (Å²) in [4.78, 5) is 12.7. The van der Waals surface area contributed by atoms with E-state index in [4.69, 9.17) is 9.47 Å². The van der Waals surface area contributed by atoms with E-state index < -0.39 is 5.41 Å². The number of hydrogen-bond donors (Lipinski definition) is 0. The summed E-state index contributed by atoms with van der Waals surface area (Å²) < 4.78 is 12.4. The summed E-state index contributed by atoms with van der Waals surface area (Å²) in [6, 6.07) is 5.67. The molecule has 1 aromatic carbocycles. The zero-order chi connectivity index (χ0) is 12.3. The molecule has 1 saturated heterocycles. The van der Waals surface area contributed by atoms with Crippen LogP contribution in [0.15, 0.2) is 22.7 Å². The SMILES string of the molecule is O=C1c2cc(Br)ccc2OC(C2CC2)C12COC2. The first-order valence-corrected chi connectivity index (χ1v) is 7.09. The number of rotatable bonds is 1. The molecule has 1 saturated carbocycles. The lowest BCUT2D eigenvalue weighted by Crippen LogP contribution is -2.61. The van der Waals surface area contributed by atoms with Gasteiger partial charge < -0.3 is 9.47 Å². The van der Waals surface area contributed by atoms with Gasteiger partial charge in [-0.2, -0.15) is 0 Å². The fraction of sp³-hybridized carbons (Fsp3) is 0.500. The van der Waals surface area contributed by atoms with Crippen molar-refractivity contribution in [2.75, 3.05) is 13.2 Å². The van der Waals surface area contributed by atoms with E-state index in [-0.39, 0.29) is 11.9 Å². The minimum atomic E-state index is -0.408. The van der Waals surface area contributed by atoms with Crippen molar-refractivity contribution in [2.45, 2.75) is 18.9 Å². The zero-order valence-electron chi connectivity index (χ0n) is 9.82. The van der Waals surface area contributed by atoms with E-state index in [1.165, 1.54) is 12.8 Å². The lowest BCUT2D eigenvalue weighted by atomic mass is 9.70. The number of ketones is 1. The van der Waals surface area contributed by atoms with Gasteiger partial charge in [-0.05, 0) is 37.0 Å². The number of benzene rings is 1. The average Bonchev–Trinajstić information content (AvgIpc) is 3.11. The first-order valence-electron chi connectivity index (χ1n) is 6.29. The third kappa shape index (κ3) is 1.36. The Hall–Kier alpha value is -0.870. The van der Waals surface area contributed by atoms with Gasteiger partial charge in [0.25, 0.3) is 0 Å². The topological polar surface area (TPSA) is 35.5 Å². The number of carbonyl (C=O) groups excluding carboxylic acids is 1. The van der Waals surface area contributed by atoms with Crippen LogP contribution in [-0.2, 0) is 4.74 Å². The van der Waals surface area contributed by atoms with E-state index in [9.17, 15) is 4.79 Å². The molecule has 0 radical (unpaired) electrons. The molecule has 94 valence electrons. The molecule has 2 aliphatic heterocycles. The molecular weight excluding hydrogens is 296 g/mol. The fourth-order valence-corrected chi connectivity index (χ4v) is 3.35. The maximum absolute atomic E-state index is 12.7. The molecule has 2 fully saturated rings. The minimum Gasteiger partial charge on any atom is -0.488 e. The molecule has 0 aromatic heterocycles. The predicted octanol–water partition coefficient (Wildman–Crippen LogP) is 2.82. The number of fused-ring (bicyclic) bond motifs is 1. The van der Waals surface area contributed by atoms with E-state index in [1.54, 1.807) is 0 Å². The molecule has 2 heterocycles. The minimum absolute atomic E-state index is 0.0208. The Balaban J connectivity index is 1.83. The van der Waals surface area contributed by atoms with E-state index in [2.05, 4.69) is 15.9 Å². The first kappa shape index (κ1) is 11.0. The van der Waals surface area contributed by atoms with Gasteiger partial charge in [-0.25, -0.2) is 0 Å². The number of halogens is 1. The van der Waals surface area contributed by atoms with Crippen LogP contribution in [0.4, 0.5) is 0 Å². The van der Waals surface area contributed by atoms with Crippen molar-refractivity contribution < 1.29 is 14.3 Å². The molecule has 1 unspecified atom stereocenters. The summed E-state index contributed by atoms with van der Waals surface area (Å²) >= 11 is 3.41. The van der Waals surface area contributed by atoms with Gasteiger partial charge in [0.15, 0.2) is 5.78 Å². The molecule has 3 aliphatic rings. The van der Waals surface area contributed by atoms with Crippen LogP contribution in [0.5, 0.6) is 5.75 Å². The lowest BCUT2D eigenvalue weighted by Gasteiger charge is -2.48. The standard InChI is InChI=1S/C14H13BrO3/c15-9-3-4-11-10(5-9)12(16)14(6-17-7-14)13(18-11)8-1-2-8/h3-5,8,13H,1-2,6-7H2. The Morgan fingerprint density at radius 1 is 1.28 bits per heavy atom. The number of Topliss-reactive ketones (excluding diaryl/α,β-unsaturated/α-hetero) is 1. The van der Waals surface area contributed by atoms with Crippen molar-refractivity contribution in [2.24, 2.45) is 11.3 Å². The molecule has 18 heavy (non-hydrogen) atoms. The second kappa shape index (κ2) is 3.58. The summed E-state index contributed by atoms with van der Waals surface area (Å²) in [7, 11) is 0. The Bertz CT molecular complexity index is 532. The van der Waals surface area contributed by atoms with E-state index >= 15 is 0 Å². The normalized spacial score (nSPS) is 28.5. The Morgan fingerprint density at radius 2 is 2.06 bits per heavy atom. The summed E-state index contributed by atoms with van der Waals surface area (Å²) in [5.74, 6) is 1.47. The maximum atomic E-state index is 12.7. The Morgan fingerprint density at radius 3 is 2.67 bits per heavy atom. The highest BCUT2D eigenvalue weighted by atomic mass is 79.9. The Kier molecular flexibility index (Phi) is 2.19. The summed E-state index contributed by atoms with van der Waals surface area (Å²) in [6.07, 6.45) is 2.37. The third-order valence-corrected chi connectivity index (χ3v) is 4.70. The van der Waals surface area contributed by atoms with Crippen molar-refractivity contribution in [3.8, 4) is 5.75 Å². The third-order valence-electron chi connectivity index (χ3n) is 4.21. The molecule has 1 atom stereocenters. The van der Waals surface area contributed by atoms with Crippen molar-refractivity contribution in [3.63, 3.8) is 0 Å². The predicted molar refractivity (Wildman–Crippen MR) is 68.9 cm³/mol. The average molecular weight is 309 g/mol. The van der Waals surface area contributed by atoms with Crippen LogP contribution in [-0.4, -0.2) is 25.1 Å². The van der Waals surface area contributed by atoms with E-state index in [0.717, 1.165) is 10.2 Å². The molecule has 0 amide bonds. The van der Waals surface area contributed by atoms with Gasteiger partial charge in [-0.15, -0.1) is 0 Å². The monoisotopic (exact) mass is 308 g/mol. The number of carbonyl (C=O) groups is 1. The molecule has 0 N–H and O–H groups in total. The van der Waals surface area contributed by atoms with Gasteiger partial charge in [0.05, 0.1) is 18.8 Å². The largest absolute Gasteiger partial charge is 0.488 e. The second-order valence-corrected chi connectivity index (χ2v) is 6.41. The molecule has 1 spiro atoms. The summed E-state index contributed by atoms with van der Waals surface area (Å²) in [5.41, 5.74) is 0.291. The Labute approximate surface area is 114 Å². The second-order valence-electron chi connectivity index (χ2n) is 5.49. The zero-order valence-corrected chi connectivity index (χ0v) is 11.4. The van der Waals surface area contributed by atoms with Gasteiger partial charge in [0, 0.05) is 4.47 Å². The van der Waals surface area contributed by atoms with Crippen molar-refractivity contribution in [1.82, 2.24) is 0 Å². The summed E-state index contributed by atoms with van der Waals surface area (Å²) in [5, 5.41) is 0. The van der Waals surface area contributed by atoms with Crippen LogP contribution in [0.3, 0.4) is 0 Å².